The second kappa shape index (κ2) is 6.33. The fourth-order valence-corrected chi connectivity index (χ4v) is 0. The van der Waals surface area contributed by atoms with Gasteiger partial charge in [0.25, 0.3) is 0 Å². The van der Waals surface area contributed by atoms with Crippen molar-refractivity contribution in [3.63, 3.8) is 0 Å². The van der Waals surface area contributed by atoms with Crippen LogP contribution in [-0.2, 0) is 0 Å². The first kappa shape index (κ1) is 16.1. The zero-order valence-electron chi connectivity index (χ0n) is 3.27. The molecular weight excluding hydrogens is 468 g/mol. The first-order valence-corrected chi connectivity index (χ1v) is 2.68. The summed E-state index contributed by atoms with van der Waals surface area (Å²) >= 11 is 0. The van der Waals surface area contributed by atoms with Crippen LogP contribution in [0.15, 0.2) is 0 Å². The van der Waals surface area contributed by atoms with Gasteiger partial charge in [0.2, 0.25) is 0 Å². The second-order valence-corrected chi connectivity index (χ2v) is 1.80. The Labute approximate surface area is 91.0 Å². The topological polar surface area (TPSA) is 80.9 Å². The van der Waals surface area contributed by atoms with Crippen LogP contribution in [0.3, 0.4) is 0 Å². The Hall–Kier alpha value is 2.21. The minimum absolute atomic E-state index is 0. The van der Waals surface area contributed by atoms with Crippen molar-refractivity contribution >= 4 is 36.3 Å². The van der Waals surface area contributed by atoms with Gasteiger partial charge in [0.05, 0.1) is 0 Å². The molecule has 4 N–H and O–H groups in total. The summed E-state index contributed by atoms with van der Waals surface area (Å²) in [6.07, 6.45) is 0. The van der Waals surface area contributed by atoms with E-state index in [-0.39, 0.29) is 64.2 Å². The van der Waals surface area contributed by atoms with Crippen LogP contribution in [0.2, 0.25) is 0 Å². The maximum Gasteiger partial charge on any atom is 0 e. The zero-order valence-corrected chi connectivity index (χ0v) is 11.6. The van der Waals surface area contributed by atoms with Crippen LogP contribution in [0, 0.1) is 36.9 Å². The first-order valence-electron chi connectivity index (χ1n) is 0.894. The zero-order chi connectivity index (χ0) is 4.50. The van der Waals surface area contributed by atoms with E-state index in [2.05, 4.69) is 0 Å². The maximum atomic E-state index is 7.33. The van der Waals surface area contributed by atoms with Crippen molar-refractivity contribution in [1.29, 1.82) is 0 Å². The first-order chi connectivity index (χ1) is 2.00. The number of hydrogen-bond acceptors (Lipinski definition) is 4. The third-order valence-electron chi connectivity index (χ3n) is 0. The van der Waals surface area contributed by atoms with E-state index in [1.807, 2.05) is 0 Å². The van der Waals surface area contributed by atoms with Gasteiger partial charge in [0.15, 0.2) is 0 Å². The fourth-order valence-electron chi connectivity index (χ4n) is 0. The Morgan fingerprint density at radius 1 is 0.857 bits per heavy atom. The summed E-state index contributed by atoms with van der Waals surface area (Å²) < 4.78 is 0. The molecule has 0 spiro atoms. The predicted octanol–water partition coefficient (Wildman–Crippen LogP) is -3.52. The molecule has 0 aliphatic carbocycles. The Morgan fingerprint density at radius 3 is 0.857 bits per heavy atom. The van der Waals surface area contributed by atoms with Crippen molar-refractivity contribution in [2.24, 2.45) is 0 Å². The average Bonchev–Trinajstić information content (AvgIpc) is 0.722. The molecule has 7 heavy (non-hydrogen) atoms. The number of hydrogen-bond donors (Lipinski definition) is 4. The van der Waals surface area contributed by atoms with Gasteiger partial charge in [-0.05, 0) is 0 Å². The quantitative estimate of drug-likeness (QED) is 0.275. The Kier molecular flexibility index (Phi) is 14.6. The summed E-state index contributed by atoms with van der Waals surface area (Å²) in [5.74, 6) is 0. The van der Waals surface area contributed by atoms with Crippen molar-refractivity contribution in [3.8, 4) is 0 Å². The molecule has 4 nitrogen and oxygen atoms in total. The van der Waals surface area contributed by atoms with Crippen molar-refractivity contribution < 1.29 is 56.1 Å². The molecule has 0 saturated heterocycles. The molecule has 0 aromatic carbocycles. The third-order valence-corrected chi connectivity index (χ3v) is 0. The molecule has 0 atom stereocenters. The summed E-state index contributed by atoms with van der Waals surface area (Å²) in [6.45, 7) is 0. The van der Waals surface area contributed by atoms with Crippen LogP contribution in [0.25, 0.3) is 0 Å². The molecule has 0 rings (SSSR count). The van der Waals surface area contributed by atoms with E-state index in [1.165, 1.54) is 0 Å². The predicted molar refractivity (Wildman–Crippen MR) is 23.2 cm³/mol. The van der Waals surface area contributed by atoms with Crippen LogP contribution in [0.4, 0.5) is 0 Å². The summed E-state index contributed by atoms with van der Waals surface area (Å²) in [4.78, 5) is 29.3. The van der Waals surface area contributed by atoms with Crippen molar-refractivity contribution in [1.82, 2.24) is 0 Å². The Morgan fingerprint density at radius 2 is 0.857 bits per heavy atom. The summed E-state index contributed by atoms with van der Waals surface area (Å²) in [6, 6.07) is 0. The van der Waals surface area contributed by atoms with Gasteiger partial charge in [-0.15, -0.1) is 0 Å². The van der Waals surface area contributed by atoms with Crippen molar-refractivity contribution in [3.05, 3.63) is 0 Å². The fraction of sp³-hybridized carbons (Fsp3) is 0. The summed E-state index contributed by atoms with van der Waals surface area (Å²) in [7, 11) is -4.61. The van der Waals surface area contributed by atoms with Crippen LogP contribution in [-0.4, -0.2) is 55.5 Å². The molecule has 0 heterocycles. The van der Waals surface area contributed by atoms with E-state index in [0.29, 0.717) is 0 Å². The third kappa shape index (κ3) is 64.7. The van der Waals surface area contributed by atoms with Crippen LogP contribution in [0.5, 0.6) is 0 Å². The average molecular weight is 474 g/mol. The standard InChI is InChI=1S/H4O4Si.Pb.Tm.2H/c1-5(2,3)4;;;;/h1-4H;;;;. The SMILES string of the molecule is O[Si](O)(O)O.[PbH2].[Tm]. The minimum Gasteiger partial charge on any atom is 0 e. The summed E-state index contributed by atoms with van der Waals surface area (Å²) in [5, 5.41) is 0. The number of rotatable bonds is 0. The second-order valence-electron chi connectivity index (χ2n) is 0.600. The normalized spacial score (nSPS) is 8.57. The molecule has 7 heteroatoms. The molecule has 0 aliphatic rings. The summed E-state index contributed by atoms with van der Waals surface area (Å²) in [5.41, 5.74) is 0. The molecule has 0 bridgehead atoms. The molecule has 51 valence electrons. The Bertz CT molecular complexity index is 27.2. The van der Waals surface area contributed by atoms with Gasteiger partial charge in [-0.3, -0.25) is 0 Å². The van der Waals surface area contributed by atoms with Crippen LogP contribution in [0.1, 0.15) is 0 Å². The van der Waals surface area contributed by atoms with Gasteiger partial charge in [0.1, 0.15) is 0 Å². The van der Waals surface area contributed by atoms with Gasteiger partial charge in [0, 0.05) is 36.9 Å². The van der Waals surface area contributed by atoms with E-state index in [1.54, 1.807) is 0 Å². The smallest absolute Gasteiger partial charge is 0 e. The van der Waals surface area contributed by atoms with Gasteiger partial charge >= 0.3 is 36.3 Å². The molecule has 0 fully saturated rings. The van der Waals surface area contributed by atoms with Crippen LogP contribution < -0.4 is 0 Å². The monoisotopic (exact) mass is 475 g/mol. The van der Waals surface area contributed by atoms with Gasteiger partial charge < -0.3 is 19.2 Å². The van der Waals surface area contributed by atoms with Gasteiger partial charge in [-0.2, -0.15) is 0 Å². The molecule has 0 saturated carbocycles. The van der Waals surface area contributed by atoms with Crippen LogP contribution >= 0.6 is 0 Å². The molecule has 3 radical (unpaired) electrons. The molecule has 0 amide bonds. The van der Waals surface area contributed by atoms with Gasteiger partial charge in [-0.1, -0.05) is 0 Å². The Balaban J connectivity index is -0.0000000800. The van der Waals surface area contributed by atoms with Crippen molar-refractivity contribution in [2.75, 3.05) is 0 Å². The van der Waals surface area contributed by atoms with Crippen molar-refractivity contribution in [2.45, 2.75) is 0 Å². The van der Waals surface area contributed by atoms with E-state index in [9.17, 15) is 0 Å². The molecule has 0 aromatic heterocycles. The molecule has 0 aliphatic heterocycles. The molecule has 0 unspecified atom stereocenters. The maximum absolute atomic E-state index is 7.33. The van der Waals surface area contributed by atoms with E-state index in [0.717, 1.165) is 0 Å². The van der Waals surface area contributed by atoms with E-state index < -0.39 is 9.05 Å². The van der Waals surface area contributed by atoms with Gasteiger partial charge in [-0.25, -0.2) is 0 Å². The molecule has 0 aromatic rings. The largest absolute Gasteiger partial charge is 0 e. The van der Waals surface area contributed by atoms with E-state index >= 15 is 0 Å². The van der Waals surface area contributed by atoms with E-state index in [4.69, 9.17) is 19.2 Å². The minimum atomic E-state index is -4.61. The molecular formula is H6O4PbSiTm.